The zero-order valence-electron chi connectivity index (χ0n) is 12.8. The van der Waals surface area contributed by atoms with Gasteiger partial charge in [0.15, 0.2) is 0 Å². The Bertz CT molecular complexity index is 601. The summed E-state index contributed by atoms with van der Waals surface area (Å²) in [4.78, 5) is 25.4. The van der Waals surface area contributed by atoms with E-state index in [2.05, 4.69) is 20.1 Å². The number of nitrogens with zero attached hydrogens (tertiary/aromatic N) is 3. The summed E-state index contributed by atoms with van der Waals surface area (Å²) >= 11 is 5.09. The number of hydrogen-bond acceptors (Lipinski definition) is 6. The zero-order valence-corrected chi connectivity index (χ0v) is 13.5. The van der Waals surface area contributed by atoms with Gasteiger partial charge in [-0.25, -0.2) is 9.59 Å². The molecule has 0 aromatic heterocycles. The molecule has 1 aromatic rings. The summed E-state index contributed by atoms with van der Waals surface area (Å²) in [5, 5.41) is 6.51. The minimum absolute atomic E-state index is 0.0874. The van der Waals surface area contributed by atoms with Gasteiger partial charge >= 0.3 is 11.4 Å². The van der Waals surface area contributed by atoms with Crippen LogP contribution in [0.15, 0.2) is 29.4 Å². The van der Waals surface area contributed by atoms with E-state index in [1.54, 1.807) is 7.05 Å². The minimum atomic E-state index is -0.957. The van der Waals surface area contributed by atoms with E-state index in [9.17, 15) is 9.59 Å². The molecule has 1 unspecified atom stereocenters. The van der Waals surface area contributed by atoms with Gasteiger partial charge in [0, 0.05) is 35.0 Å². The van der Waals surface area contributed by atoms with Crippen molar-refractivity contribution < 1.29 is 19.1 Å². The molecule has 0 aliphatic carbocycles. The number of carbonyl (C=O) groups is 2. The maximum atomic E-state index is 12.0. The van der Waals surface area contributed by atoms with Crippen LogP contribution in [0.1, 0.15) is 17.3 Å². The van der Waals surface area contributed by atoms with Gasteiger partial charge < -0.3 is 14.8 Å². The van der Waals surface area contributed by atoms with Crippen LogP contribution >= 0.6 is 11.6 Å². The van der Waals surface area contributed by atoms with Crippen LogP contribution in [-0.4, -0.2) is 38.1 Å². The lowest BCUT2D eigenvalue weighted by Gasteiger charge is -2.26. The van der Waals surface area contributed by atoms with Crippen molar-refractivity contribution >= 4 is 23.0 Å². The first-order valence-electron chi connectivity index (χ1n) is 6.70. The van der Waals surface area contributed by atoms with Gasteiger partial charge in [-0.3, -0.25) is 0 Å². The van der Waals surface area contributed by atoms with Crippen molar-refractivity contribution in [1.29, 1.82) is 0 Å². The molecule has 23 heavy (non-hydrogen) atoms. The molecule has 0 radical (unpaired) electrons. The van der Waals surface area contributed by atoms with Gasteiger partial charge in [0.25, 0.3) is 0 Å². The molecule has 0 saturated heterocycles. The van der Waals surface area contributed by atoms with Crippen LogP contribution in [-0.2, 0) is 4.74 Å². The van der Waals surface area contributed by atoms with E-state index in [0.29, 0.717) is 12.1 Å². The highest BCUT2D eigenvalue weighted by atomic mass is 35.5. The molecule has 0 aliphatic heterocycles. The summed E-state index contributed by atoms with van der Waals surface area (Å²) in [6, 6.07) is 5.79. The first-order chi connectivity index (χ1) is 10.9. The molecule has 0 fully saturated rings. The van der Waals surface area contributed by atoms with Crippen molar-refractivity contribution in [3.8, 4) is 5.75 Å². The van der Waals surface area contributed by atoms with Crippen molar-refractivity contribution in [1.82, 2.24) is 5.32 Å². The summed E-state index contributed by atoms with van der Waals surface area (Å²) in [6.45, 7) is 2.64. The smallest absolute Gasteiger partial charge is 0.409 e. The van der Waals surface area contributed by atoms with Crippen LogP contribution < -0.4 is 10.1 Å². The summed E-state index contributed by atoms with van der Waals surface area (Å²) in [6.07, 6.45) is 0. The van der Waals surface area contributed by atoms with Crippen LogP contribution in [0.5, 0.6) is 5.75 Å². The number of rotatable bonds is 8. The van der Waals surface area contributed by atoms with Gasteiger partial charge in [0.2, 0.25) is 0 Å². The number of ether oxygens (including phenoxy) is 2. The molecule has 1 N–H and O–H groups in total. The Balaban J connectivity index is 2.67. The van der Waals surface area contributed by atoms with Gasteiger partial charge in [-0.1, -0.05) is 12.0 Å². The third-order valence-corrected chi connectivity index (χ3v) is 3.04. The van der Waals surface area contributed by atoms with E-state index in [4.69, 9.17) is 21.9 Å². The van der Waals surface area contributed by atoms with Gasteiger partial charge in [-0.05, 0) is 36.8 Å². The number of benzene rings is 1. The largest absolute Gasteiger partial charge is 0.461 e. The van der Waals surface area contributed by atoms with Crippen molar-refractivity contribution in [3.63, 3.8) is 0 Å². The van der Waals surface area contributed by atoms with Crippen LogP contribution in [0, 0.1) is 5.41 Å². The van der Waals surface area contributed by atoms with Crippen molar-refractivity contribution in [3.05, 3.63) is 40.3 Å². The van der Waals surface area contributed by atoms with E-state index in [1.807, 2.05) is 6.92 Å². The monoisotopic (exact) mass is 340 g/mol. The topological polar surface area (TPSA) is 113 Å². The standard InChI is InChI=1S/C14H17ClN4O4/c1-14(7-17-2,8-18-19-16)9-22-12(20)10-3-5-11(6-4-10)23-13(15)21/h3-6,17H,7-9H2,1-2H3. The normalized spacial score (nSPS) is 12.7. The molecule has 0 bridgehead atoms. The first-order valence-corrected chi connectivity index (χ1v) is 7.08. The van der Waals surface area contributed by atoms with Crippen molar-refractivity contribution in [2.45, 2.75) is 6.92 Å². The predicted molar refractivity (Wildman–Crippen MR) is 84.6 cm³/mol. The molecule has 1 atom stereocenters. The first kappa shape index (κ1) is 18.8. The molecule has 1 aromatic carbocycles. The number of carbonyl (C=O) groups excluding carboxylic acids is 2. The summed E-state index contributed by atoms with van der Waals surface area (Å²) < 4.78 is 9.93. The predicted octanol–water partition coefficient (Wildman–Crippen LogP) is 3.12. The molecular weight excluding hydrogens is 324 g/mol. The van der Waals surface area contributed by atoms with E-state index in [1.165, 1.54) is 24.3 Å². The van der Waals surface area contributed by atoms with E-state index in [0.717, 1.165) is 0 Å². The van der Waals surface area contributed by atoms with E-state index < -0.39 is 16.8 Å². The Labute approximate surface area is 138 Å². The second-order valence-corrected chi connectivity index (χ2v) is 5.48. The molecule has 8 nitrogen and oxygen atoms in total. The van der Waals surface area contributed by atoms with Gasteiger partial charge in [0.1, 0.15) is 5.75 Å². The third-order valence-electron chi connectivity index (χ3n) is 2.96. The lowest BCUT2D eigenvalue weighted by molar-refractivity contribution is 0.0329. The summed E-state index contributed by atoms with van der Waals surface area (Å²) in [7, 11) is 1.76. The number of nitrogens with one attached hydrogen (secondary N) is 1. The van der Waals surface area contributed by atoms with Crippen LogP contribution in [0.2, 0.25) is 0 Å². The number of hydrogen-bond donors (Lipinski definition) is 1. The molecule has 9 heteroatoms. The van der Waals surface area contributed by atoms with Gasteiger partial charge in [-0.2, -0.15) is 0 Å². The number of halogens is 1. The highest BCUT2D eigenvalue weighted by Gasteiger charge is 2.25. The molecule has 0 amide bonds. The molecule has 0 saturated carbocycles. The Morgan fingerprint density at radius 3 is 2.57 bits per heavy atom. The minimum Gasteiger partial charge on any atom is -0.461 e. The van der Waals surface area contributed by atoms with E-state index >= 15 is 0 Å². The second kappa shape index (κ2) is 8.99. The summed E-state index contributed by atoms with van der Waals surface area (Å²) in [5.74, 6) is -0.304. The quantitative estimate of drug-likeness (QED) is 0.257. The molecule has 1 rings (SSSR count). The zero-order chi connectivity index (χ0) is 17.3. The lowest BCUT2D eigenvalue weighted by atomic mass is 9.92. The molecule has 0 heterocycles. The maximum Gasteiger partial charge on any atom is 0.409 e. The lowest BCUT2D eigenvalue weighted by Crippen LogP contribution is -2.37. The Kier molecular flexibility index (Phi) is 7.34. The number of azide groups is 1. The SMILES string of the molecule is CNCC(C)(CN=[N+]=[N-])COC(=O)c1ccc(OC(=O)Cl)cc1. The van der Waals surface area contributed by atoms with Crippen LogP contribution in [0.3, 0.4) is 0 Å². The fourth-order valence-corrected chi connectivity index (χ4v) is 1.95. The van der Waals surface area contributed by atoms with Crippen molar-refractivity contribution in [2.24, 2.45) is 10.5 Å². The summed E-state index contributed by atoms with van der Waals surface area (Å²) in [5.41, 5.74) is 7.26. The molecule has 124 valence electrons. The van der Waals surface area contributed by atoms with Gasteiger partial charge in [0.05, 0.1) is 12.2 Å². The Hall–Kier alpha value is -2.28. The van der Waals surface area contributed by atoms with Crippen LogP contribution in [0.4, 0.5) is 4.79 Å². The fourth-order valence-electron chi connectivity index (χ4n) is 1.86. The second-order valence-electron chi connectivity index (χ2n) is 5.17. The maximum absolute atomic E-state index is 12.0. The Morgan fingerprint density at radius 1 is 1.39 bits per heavy atom. The highest BCUT2D eigenvalue weighted by molar-refractivity contribution is 6.61. The van der Waals surface area contributed by atoms with Crippen LogP contribution in [0.25, 0.3) is 10.4 Å². The van der Waals surface area contributed by atoms with E-state index in [-0.39, 0.29) is 18.9 Å². The average Bonchev–Trinajstić information content (AvgIpc) is 2.51. The number of esters is 1. The highest BCUT2D eigenvalue weighted by Crippen LogP contribution is 2.19. The molecule has 0 aliphatic rings. The van der Waals surface area contributed by atoms with Gasteiger partial charge in [-0.15, -0.1) is 0 Å². The van der Waals surface area contributed by atoms with Crippen molar-refractivity contribution in [2.75, 3.05) is 26.7 Å². The molecular formula is C14H17ClN4O4. The third kappa shape index (κ3) is 6.56. The molecule has 0 spiro atoms. The average molecular weight is 341 g/mol. The Morgan fingerprint density at radius 2 is 2.04 bits per heavy atom. The fraction of sp³-hybridized carbons (Fsp3) is 0.429.